The van der Waals surface area contributed by atoms with Crippen molar-refractivity contribution < 1.29 is 14.4 Å². The predicted molar refractivity (Wildman–Crippen MR) is 47.9 cm³/mol. The predicted octanol–water partition coefficient (Wildman–Crippen LogP) is -1.77. The van der Waals surface area contributed by atoms with Crippen LogP contribution in [0.4, 0.5) is 0 Å². The molecule has 0 aliphatic rings. The van der Waals surface area contributed by atoms with Crippen molar-refractivity contribution in [2.24, 2.45) is 5.90 Å². The molecular weight excluding hydrogens is 174 g/mol. The maximum Gasteiger partial charge on any atom is 0.234 e. The van der Waals surface area contributed by atoms with E-state index in [-0.39, 0.29) is 12.5 Å². The van der Waals surface area contributed by atoms with E-state index in [0.29, 0.717) is 26.3 Å². The van der Waals surface area contributed by atoms with Gasteiger partial charge < -0.3 is 20.2 Å². The van der Waals surface area contributed by atoms with Crippen molar-refractivity contribution in [2.45, 2.75) is 0 Å². The summed E-state index contributed by atoms with van der Waals surface area (Å²) in [6, 6.07) is 0. The van der Waals surface area contributed by atoms with Gasteiger partial charge in [-0.2, -0.15) is 0 Å². The fraction of sp³-hybridized carbons (Fsp3) is 0.857. The number of hydrogen-bond donors (Lipinski definition) is 3. The highest BCUT2D eigenvalue weighted by Crippen LogP contribution is 1.67. The number of carbonyl (C=O) groups excluding carboxylic acids is 1. The van der Waals surface area contributed by atoms with Crippen molar-refractivity contribution in [3.05, 3.63) is 0 Å². The third-order valence-corrected chi connectivity index (χ3v) is 1.31. The van der Waals surface area contributed by atoms with Crippen LogP contribution in [-0.2, 0) is 14.4 Å². The lowest BCUT2D eigenvalue weighted by Gasteiger charge is -2.05. The van der Waals surface area contributed by atoms with Gasteiger partial charge >= 0.3 is 0 Å². The highest BCUT2D eigenvalue weighted by atomic mass is 16.6. The molecule has 6 heteroatoms. The molecule has 0 bridgehead atoms. The van der Waals surface area contributed by atoms with Gasteiger partial charge in [0.25, 0.3) is 0 Å². The van der Waals surface area contributed by atoms with Crippen LogP contribution in [0.3, 0.4) is 0 Å². The topological polar surface area (TPSA) is 85.6 Å². The van der Waals surface area contributed by atoms with Crippen LogP contribution < -0.4 is 16.5 Å². The average molecular weight is 191 g/mol. The van der Waals surface area contributed by atoms with Crippen molar-refractivity contribution in [3.63, 3.8) is 0 Å². The molecule has 13 heavy (non-hydrogen) atoms. The van der Waals surface area contributed by atoms with Crippen LogP contribution in [0.15, 0.2) is 0 Å². The zero-order valence-corrected chi connectivity index (χ0v) is 7.84. The normalized spacial score (nSPS) is 10.0. The van der Waals surface area contributed by atoms with Gasteiger partial charge in [0, 0.05) is 20.2 Å². The Balaban J connectivity index is 3.11. The number of amides is 1. The van der Waals surface area contributed by atoms with E-state index in [1.807, 2.05) is 0 Å². The molecule has 0 saturated carbocycles. The zero-order valence-electron chi connectivity index (χ0n) is 7.84. The van der Waals surface area contributed by atoms with Gasteiger partial charge in [-0.15, -0.1) is 0 Å². The summed E-state index contributed by atoms with van der Waals surface area (Å²) in [4.78, 5) is 15.3. The lowest BCUT2D eigenvalue weighted by molar-refractivity contribution is -0.120. The number of nitrogens with two attached hydrogens (primary N) is 1. The smallest absolute Gasteiger partial charge is 0.234 e. The number of hydrogen-bond acceptors (Lipinski definition) is 5. The Kier molecular flexibility index (Phi) is 8.90. The Hall–Kier alpha value is -0.690. The minimum Gasteiger partial charge on any atom is -0.383 e. The van der Waals surface area contributed by atoms with Crippen LogP contribution in [0.25, 0.3) is 0 Å². The van der Waals surface area contributed by atoms with Crippen LogP contribution in [-0.4, -0.2) is 45.9 Å². The second kappa shape index (κ2) is 9.40. The van der Waals surface area contributed by atoms with E-state index in [0.717, 1.165) is 0 Å². The largest absolute Gasteiger partial charge is 0.383 e. The first-order valence-electron chi connectivity index (χ1n) is 4.09. The van der Waals surface area contributed by atoms with Gasteiger partial charge in [-0.25, -0.2) is 5.90 Å². The van der Waals surface area contributed by atoms with Gasteiger partial charge in [0.1, 0.15) is 0 Å². The molecule has 0 saturated heterocycles. The number of methoxy groups -OCH3 is 1. The van der Waals surface area contributed by atoms with Crippen molar-refractivity contribution in [2.75, 3.05) is 40.0 Å². The fourth-order valence-electron chi connectivity index (χ4n) is 0.688. The third kappa shape index (κ3) is 9.22. The molecule has 0 radical (unpaired) electrons. The fourth-order valence-corrected chi connectivity index (χ4v) is 0.688. The van der Waals surface area contributed by atoms with Crippen molar-refractivity contribution in [1.29, 1.82) is 0 Å². The molecule has 0 atom stereocenters. The minimum atomic E-state index is -0.0610. The van der Waals surface area contributed by atoms with Gasteiger partial charge in [-0.1, -0.05) is 0 Å². The molecule has 0 aliphatic heterocycles. The second-order valence-corrected chi connectivity index (χ2v) is 2.39. The first-order valence-corrected chi connectivity index (χ1v) is 4.09. The van der Waals surface area contributed by atoms with E-state index in [2.05, 4.69) is 15.5 Å². The van der Waals surface area contributed by atoms with E-state index < -0.39 is 0 Å². The van der Waals surface area contributed by atoms with Crippen LogP contribution >= 0.6 is 0 Å². The second-order valence-electron chi connectivity index (χ2n) is 2.39. The van der Waals surface area contributed by atoms with Crippen molar-refractivity contribution >= 4 is 5.91 Å². The summed E-state index contributed by atoms with van der Waals surface area (Å²) in [6.45, 7) is 2.29. The lowest BCUT2D eigenvalue weighted by atomic mass is 10.5. The molecular formula is C7H17N3O3. The molecule has 0 aliphatic carbocycles. The molecule has 6 nitrogen and oxygen atoms in total. The van der Waals surface area contributed by atoms with Crippen LogP contribution in [0.2, 0.25) is 0 Å². The molecule has 0 unspecified atom stereocenters. The van der Waals surface area contributed by atoms with Gasteiger partial charge in [0.2, 0.25) is 5.91 Å². The van der Waals surface area contributed by atoms with E-state index in [1.54, 1.807) is 7.11 Å². The third-order valence-electron chi connectivity index (χ3n) is 1.31. The van der Waals surface area contributed by atoms with E-state index >= 15 is 0 Å². The summed E-state index contributed by atoms with van der Waals surface area (Å²) in [6.07, 6.45) is 0. The molecule has 0 aromatic rings. The standard InChI is InChI=1S/C7H17N3O3/c1-12-4-3-10-7(11)6-9-2-5-13-8/h9H,2-6,8H2,1H3,(H,10,11). The number of nitrogens with one attached hydrogen (secondary N) is 2. The maximum atomic E-state index is 11.0. The lowest BCUT2D eigenvalue weighted by Crippen LogP contribution is -2.36. The Morgan fingerprint density at radius 1 is 1.38 bits per heavy atom. The molecule has 4 N–H and O–H groups in total. The average Bonchev–Trinajstić information content (AvgIpc) is 2.13. The summed E-state index contributed by atoms with van der Waals surface area (Å²) < 4.78 is 4.76. The SMILES string of the molecule is COCCNC(=O)CNCCON. The zero-order chi connectivity index (χ0) is 9.94. The Morgan fingerprint density at radius 3 is 2.77 bits per heavy atom. The van der Waals surface area contributed by atoms with E-state index in [4.69, 9.17) is 10.6 Å². The summed E-state index contributed by atoms with van der Waals surface area (Å²) in [7, 11) is 1.59. The number of carbonyl (C=O) groups is 1. The van der Waals surface area contributed by atoms with Crippen molar-refractivity contribution in [3.8, 4) is 0 Å². The highest BCUT2D eigenvalue weighted by molar-refractivity contribution is 5.77. The summed E-state index contributed by atoms with van der Waals surface area (Å²) in [5.41, 5.74) is 0. The number of ether oxygens (including phenoxy) is 1. The summed E-state index contributed by atoms with van der Waals surface area (Å²) >= 11 is 0. The quantitative estimate of drug-likeness (QED) is 0.312. The van der Waals surface area contributed by atoms with Crippen LogP contribution in [0.5, 0.6) is 0 Å². The van der Waals surface area contributed by atoms with Crippen LogP contribution in [0.1, 0.15) is 0 Å². The number of rotatable bonds is 8. The Morgan fingerprint density at radius 2 is 2.15 bits per heavy atom. The van der Waals surface area contributed by atoms with Crippen LogP contribution in [0, 0.1) is 0 Å². The first-order chi connectivity index (χ1) is 6.31. The molecule has 0 aromatic heterocycles. The van der Waals surface area contributed by atoms with Gasteiger partial charge in [0.05, 0.1) is 19.8 Å². The van der Waals surface area contributed by atoms with E-state index in [1.165, 1.54) is 0 Å². The van der Waals surface area contributed by atoms with Gasteiger partial charge in [-0.3, -0.25) is 4.79 Å². The first kappa shape index (κ1) is 12.3. The molecule has 0 aromatic carbocycles. The maximum absolute atomic E-state index is 11.0. The molecule has 0 fully saturated rings. The highest BCUT2D eigenvalue weighted by Gasteiger charge is 1.97. The summed E-state index contributed by atoms with van der Waals surface area (Å²) in [5.74, 6) is 4.73. The van der Waals surface area contributed by atoms with E-state index in [9.17, 15) is 4.79 Å². The molecule has 0 heterocycles. The molecule has 0 rings (SSSR count). The van der Waals surface area contributed by atoms with Crippen molar-refractivity contribution in [1.82, 2.24) is 10.6 Å². The Labute approximate surface area is 77.7 Å². The monoisotopic (exact) mass is 191 g/mol. The molecule has 78 valence electrons. The Bertz CT molecular complexity index is 132. The summed E-state index contributed by atoms with van der Waals surface area (Å²) in [5, 5.41) is 5.52. The molecule has 0 spiro atoms. The minimum absolute atomic E-state index is 0.0610. The van der Waals surface area contributed by atoms with Gasteiger partial charge in [-0.05, 0) is 0 Å². The van der Waals surface area contributed by atoms with Gasteiger partial charge in [0.15, 0.2) is 0 Å². The molecule has 1 amide bonds.